The van der Waals surface area contributed by atoms with Gasteiger partial charge in [0.2, 0.25) is 5.91 Å². The highest BCUT2D eigenvalue weighted by atomic mass is 32.2. The van der Waals surface area contributed by atoms with Gasteiger partial charge in [-0.05, 0) is 31.9 Å². The van der Waals surface area contributed by atoms with Crippen LogP contribution in [0.3, 0.4) is 0 Å². The Morgan fingerprint density at radius 1 is 1.59 bits per heavy atom. The Labute approximate surface area is 106 Å². The SMILES string of the molecule is CC(NC(=O)CSC1CCCC1)c1ccco1. The van der Waals surface area contributed by atoms with E-state index in [1.165, 1.54) is 25.7 Å². The summed E-state index contributed by atoms with van der Waals surface area (Å²) in [5.74, 6) is 1.48. The summed E-state index contributed by atoms with van der Waals surface area (Å²) < 4.78 is 5.25. The molecule has 1 atom stereocenters. The fourth-order valence-corrected chi connectivity index (χ4v) is 3.28. The Bertz CT molecular complexity index is 344. The summed E-state index contributed by atoms with van der Waals surface area (Å²) in [6, 6.07) is 3.68. The van der Waals surface area contributed by atoms with Crippen LogP contribution >= 0.6 is 11.8 Å². The molecule has 1 aliphatic rings. The van der Waals surface area contributed by atoms with Crippen molar-refractivity contribution in [2.75, 3.05) is 5.75 Å². The first-order chi connectivity index (χ1) is 8.25. The predicted octanol–water partition coefficient (Wildman–Crippen LogP) is 3.13. The number of carbonyl (C=O) groups is 1. The molecule has 94 valence electrons. The number of hydrogen-bond acceptors (Lipinski definition) is 3. The number of carbonyl (C=O) groups excluding carboxylic acids is 1. The van der Waals surface area contributed by atoms with E-state index in [9.17, 15) is 4.79 Å². The van der Waals surface area contributed by atoms with Crippen LogP contribution in [0.1, 0.15) is 44.4 Å². The number of amides is 1. The minimum absolute atomic E-state index is 0.0401. The summed E-state index contributed by atoms with van der Waals surface area (Å²) in [4.78, 5) is 11.7. The summed E-state index contributed by atoms with van der Waals surface area (Å²) in [7, 11) is 0. The van der Waals surface area contributed by atoms with Crippen molar-refractivity contribution in [1.29, 1.82) is 0 Å². The lowest BCUT2D eigenvalue weighted by molar-refractivity contribution is -0.119. The van der Waals surface area contributed by atoms with Crippen LogP contribution < -0.4 is 5.32 Å². The molecule has 1 N–H and O–H groups in total. The molecular formula is C13H19NO2S. The van der Waals surface area contributed by atoms with Gasteiger partial charge in [0.05, 0.1) is 18.1 Å². The molecule has 4 heteroatoms. The molecular weight excluding hydrogens is 234 g/mol. The van der Waals surface area contributed by atoms with Crippen LogP contribution in [0.15, 0.2) is 22.8 Å². The summed E-state index contributed by atoms with van der Waals surface area (Å²) in [5.41, 5.74) is 0. The van der Waals surface area contributed by atoms with E-state index in [1.807, 2.05) is 19.1 Å². The van der Waals surface area contributed by atoms with Gasteiger partial charge in [-0.25, -0.2) is 0 Å². The van der Waals surface area contributed by atoms with E-state index in [2.05, 4.69) is 5.32 Å². The predicted molar refractivity (Wildman–Crippen MR) is 70.0 cm³/mol. The largest absolute Gasteiger partial charge is 0.467 e. The van der Waals surface area contributed by atoms with Crippen molar-refractivity contribution in [1.82, 2.24) is 5.32 Å². The molecule has 1 aromatic rings. The molecule has 0 aromatic carbocycles. The quantitative estimate of drug-likeness (QED) is 0.876. The molecule has 1 aromatic heterocycles. The van der Waals surface area contributed by atoms with Gasteiger partial charge in [0.1, 0.15) is 5.76 Å². The van der Waals surface area contributed by atoms with E-state index in [0.29, 0.717) is 11.0 Å². The first kappa shape index (κ1) is 12.6. The fourth-order valence-electron chi connectivity index (χ4n) is 2.14. The highest BCUT2D eigenvalue weighted by Crippen LogP contribution is 2.29. The molecule has 0 spiro atoms. The first-order valence-electron chi connectivity index (χ1n) is 6.20. The van der Waals surface area contributed by atoms with Gasteiger partial charge >= 0.3 is 0 Å². The number of hydrogen-bond donors (Lipinski definition) is 1. The lowest BCUT2D eigenvalue weighted by Gasteiger charge is -2.12. The maximum atomic E-state index is 11.7. The van der Waals surface area contributed by atoms with Crippen LogP contribution in [0.5, 0.6) is 0 Å². The monoisotopic (exact) mass is 253 g/mol. The maximum Gasteiger partial charge on any atom is 0.230 e. The van der Waals surface area contributed by atoms with Crippen molar-refractivity contribution >= 4 is 17.7 Å². The molecule has 1 fully saturated rings. The first-order valence-corrected chi connectivity index (χ1v) is 7.25. The van der Waals surface area contributed by atoms with Crippen LogP contribution in [0.4, 0.5) is 0 Å². The Kier molecular flexibility index (Phi) is 4.54. The smallest absolute Gasteiger partial charge is 0.230 e. The van der Waals surface area contributed by atoms with Crippen molar-refractivity contribution in [2.45, 2.75) is 43.9 Å². The van der Waals surface area contributed by atoms with Crippen LogP contribution in [0.25, 0.3) is 0 Å². The van der Waals surface area contributed by atoms with Crippen molar-refractivity contribution in [3.05, 3.63) is 24.2 Å². The lowest BCUT2D eigenvalue weighted by Crippen LogP contribution is -2.28. The molecule has 1 unspecified atom stereocenters. The number of nitrogens with one attached hydrogen (secondary N) is 1. The molecule has 0 saturated heterocycles. The van der Waals surface area contributed by atoms with Gasteiger partial charge in [0.15, 0.2) is 0 Å². The Morgan fingerprint density at radius 3 is 3.00 bits per heavy atom. The molecule has 0 aliphatic heterocycles. The number of furan rings is 1. The molecule has 1 amide bonds. The van der Waals surface area contributed by atoms with E-state index in [1.54, 1.807) is 18.0 Å². The van der Waals surface area contributed by atoms with E-state index in [4.69, 9.17) is 4.42 Å². The molecule has 2 rings (SSSR count). The van der Waals surface area contributed by atoms with E-state index in [-0.39, 0.29) is 11.9 Å². The van der Waals surface area contributed by atoms with Gasteiger partial charge in [-0.3, -0.25) is 4.79 Å². The highest BCUT2D eigenvalue weighted by Gasteiger charge is 2.18. The van der Waals surface area contributed by atoms with Crippen LogP contribution in [0.2, 0.25) is 0 Å². The molecule has 0 radical (unpaired) electrons. The van der Waals surface area contributed by atoms with Gasteiger partial charge < -0.3 is 9.73 Å². The second-order valence-electron chi connectivity index (χ2n) is 4.52. The maximum absolute atomic E-state index is 11.7. The van der Waals surface area contributed by atoms with Gasteiger partial charge in [-0.1, -0.05) is 12.8 Å². The molecule has 3 nitrogen and oxygen atoms in total. The Hall–Kier alpha value is -0.900. The van der Waals surface area contributed by atoms with E-state index in [0.717, 1.165) is 5.76 Å². The zero-order valence-electron chi connectivity index (χ0n) is 10.1. The molecule has 1 aliphatic carbocycles. The van der Waals surface area contributed by atoms with Crippen LogP contribution in [0, 0.1) is 0 Å². The molecule has 1 saturated carbocycles. The average molecular weight is 253 g/mol. The average Bonchev–Trinajstić information content (AvgIpc) is 2.99. The standard InChI is InChI=1S/C13H19NO2S/c1-10(12-7-4-8-16-12)14-13(15)9-17-11-5-2-3-6-11/h4,7-8,10-11H,2-3,5-6,9H2,1H3,(H,14,15). The molecule has 1 heterocycles. The zero-order valence-corrected chi connectivity index (χ0v) is 11.0. The molecule has 0 bridgehead atoms. The summed E-state index contributed by atoms with van der Waals surface area (Å²) in [5, 5.41) is 3.65. The van der Waals surface area contributed by atoms with Gasteiger partial charge in [-0.15, -0.1) is 11.8 Å². The third kappa shape index (κ3) is 3.80. The van der Waals surface area contributed by atoms with Crippen LogP contribution in [-0.4, -0.2) is 16.9 Å². The second kappa shape index (κ2) is 6.15. The zero-order chi connectivity index (χ0) is 12.1. The van der Waals surface area contributed by atoms with Gasteiger partial charge in [-0.2, -0.15) is 0 Å². The third-order valence-corrected chi connectivity index (χ3v) is 4.47. The minimum atomic E-state index is -0.0401. The number of thioether (sulfide) groups is 1. The molecule has 17 heavy (non-hydrogen) atoms. The lowest BCUT2D eigenvalue weighted by atomic mass is 10.2. The van der Waals surface area contributed by atoms with Gasteiger partial charge in [0.25, 0.3) is 0 Å². The van der Waals surface area contributed by atoms with Crippen molar-refractivity contribution in [3.63, 3.8) is 0 Å². The minimum Gasteiger partial charge on any atom is -0.467 e. The normalized spacial score (nSPS) is 18.2. The Balaban J connectivity index is 1.69. The highest BCUT2D eigenvalue weighted by molar-refractivity contribution is 8.00. The van der Waals surface area contributed by atoms with Crippen LogP contribution in [-0.2, 0) is 4.79 Å². The van der Waals surface area contributed by atoms with Crippen molar-refractivity contribution in [2.24, 2.45) is 0 Å². The van der Waals surface area contributed by atoms with Gasteiger partial charge in [0, 0.05) is 5.25 Å². The van der Waals surface area contributed by atoms with E-state index < -0.39 is 0 Å². The summed E-state index contributed by atoms with van der Waals surface area (Å²) in [6.45, 7) is 1.94. The van der Waals surface area contributed by atoms with E-state index >= 15 is 0 Å². The fraction of sp³-hybridized carbons (Fsp3) is 0.615. The van der Waals surface area contributed by atoms with Crippen molar-refractivity contribution < 1.29 is 9.21 Å². The third-order valence-electron chi connectivity index (χ3n) is 3.10. The number of rotatable bonds is 5. The topological polar surface area (TPSA) is 42.2 Å². The summed E-state index contributed by atoms with van der Waals surface area (Å²) in [6.07, 6.45) is 6.81. The second-order valence-corrected chi connectivity index (χ2v) is 5.81. The van der Waals surface area contributed by atoms with Crippen molar-refractivity contribution in [3.8, 4) is 0 Å². The Morgan fingerprint density at radius 2 is 2.35 bits per heavy atom. The summed E-state index contributed by atoms with van der Waals surface area (Å²) >= 11 is 1.79.